The van der Waals surface area contributed by atoms with Crippen LogP contribution in [-0.4, -0.2) is 36.2 Å². The Morgan fingerprint density at radius 2 is 0.487 bits per heavy atom. The summed E-state index contributed by atoms with van der Waals surface area (Å²) >= 11 is 0. The van der Waals surface area contributed by atoms with Crippen molar-refractivity contribution in [1.82, 2.24) is 0 Å². The first-order valence-corrected chi connectivity index (χ1v) is 31.9. The molecular formula is C72H114O6. The highest BCUT2D eigenvalue weighted by Crippen LogP contribution is 2.17. The van der Waals surface area contributed by atoms with Gasteiger partial charge in [0.05, 0.1) is 35.0 Å². The van der Waals surface area contributed by atoms with Crippen molar-refractivity contribution >= 4 is 17.9 Å². The van der Waals surface area contributed by atoms with Gasteiger partial charge < -0.3 is 14.2 Å². The van der Waals surface area contributed by atoms with Crippen LogP contribution in [0.1, 0.15) is 304 Å². The maximum absolute atomic E-state index is 12.0. The zero-order chi connectivity index (χ0) is 56.6. The van der Waals surface area contributed by atoms with Gasteiger partial charge in [0.15, 0.2) is 0 Å². The van der Waals surface area contributed by atoms with Crippen LogP contribution in [0.4, 0.5) is 0 Å². The van der Waals surface area contributed by atoms with Gasteiger partial charge in [-0.25, -0.2) is 14.4 Å². The third-order valence-corrected chi connectivity index (χ3v) is 14.1. The van der Waals surface area contributed by atoms with Crippen LogP contribution in [-0.2, 0) is 14.2 Å². The molecule has 3 aromatic rings. The molecule has 0 aliphatic carbocycles. The second-order valence-corrected chi connectivity index (χ2v) is 21.7. The molecule has 0 N–H and O–H groups in total. The van der Waals surface area contributed by atoms with Gasteiger partial charge in [0, 0.05) is 0 Å². The maximum Gasteiger partial charge on any atom is 0.338 e. The molecule has 0 amide bonds. The molecule has 1 unspecified atom stereocenters. The van der Waals surface area contributed by atoms with E-state index in [0.717, 1.165) is 38.5 Å². The Labute approximate surface area is 479 Å². The van der Waals surface area contributed by atoms with Crippen molar-refractivity contribution in [2.75, 3.05) is 0 Å². The van der Waals surface area contributed by atoms with Gasteiger partial charge in [-0.15, -0.1) is 0 Å². The van der Waals surface area contributed by atoms with Crippen molar-refractivity contribution in [3.05, 3.63) is 144 Å². The number of ether oxygens (including phenoxy) is 3. The molecule has 0 spiro atoms. The van der Waals surface area contributed by atoms with Crippen LogP contribution < -0.4 is 0 Å². The highest BCUT2D eigenvalue weighted by molar-refractivity contribution is 5.90. The Morgan fingerprint density at radius 1 is 0.295 bits per heavy atom. The average molecular weight is 1080 g/mol. The van der Waals surface area contributed by atoms with Crippen LogP contribution in [0.25, 0.3) is 0 Å². The fraction of sp³-hybridized carbons (Fsp3) is 0.625. The summed E-state index contributed by atoms with van der Waals surface area (Å²) in [6, 6.07) is 27.7. The van der Waals surface area contributed by atoms with Crippen LogP contribution >= 0.6 is 0 Å². The number of unbranched alkanes of at least 4 members (excludes halogenated alkanes) is 27. The Kier molecular flexibility index (Phi) is 49.6. The van der Waals surface area contributed by atoms with Crippen LogP contribution in [0.15, 0.2) is 127 Å². The zero-order valence-corrected chi connectivity index (χ0v) is 50.8. The molecule has 0 aliphatic rings. The predicted octanol–water partition coefficient (Wildman–Crippen LogP) is 22.5. The standard InChI is InChI=1S/3C24H38O2/c3*1-3-4-5-6-7-8-9-10-11-12-13-14-16-19-22(2)26-24(25)23-20-17-15-18-21-23/h3*6-7,15,17-18,20-22H,3-5,8-14,16,19H2,1-2H3/b3*7-6-/t2*22-;/m10./s1. The normalized spacial score (nSPS) is 12.4. The lowest BCUT2D eigenvalue weighted by Gasteiger charge is -2.13. The molecule has 78 heavy (non-hydrogen) atoms. The van der Waals surface area contributed by atoms with Crippen molar-refractivity contribution in [3.8, 4) is 0 Å². The Hall–Kier alpha value is -4.71. The highest BCUT2D eigenvalue weighted by Gasteiger charge is 2.13. The summed E-state index contributed by atoms with van der Waals surface area (Å²) in [5.74, 6) is -0.620. The molecule has 0 saturated heterocycles. The highest BCUT2D eigenvalue weighted by atomic mass is 16.5. The van der Waals surface area contributed by atoms with E-state index in [-0.39, 0.29) is 36.2 Å². The molecule has 0 bridgehead atoms. The molecule has 0 heterocycles. The summed E-state index contributed by atoms with van der Waals surface area (Å²) in [5, 5.41) is 0. The van der Waals surface area contributed by atoms with Crippen molar-refractivity contribution in [1.29, 1.82) is 0 Å². The fourth-order valence-corrected chi connectivity index (χ4v) is 9.06. The third kappa shape index (κ3) is 45.2. The second-order valence-electron chi connectivity index (χ2n) is 21.7. The van der Waals surface area contributed by atoms with Crippen LogP contribution in [0.2, 0.25) is 0 Å². The summed E-state index contributed by atoms with van der Waals surface area (Å²) in [5.41, 5.74) is 1.92. The van der Waals surface area contributed by atoms with Gasteiger partial charge in [-0.1, -0.05) is 247 Å². The summed E-state index contributed by atoms with van der Waals surface area (Å²) in [6.45, 7) is 12.7. The summed E-state index contributed by atoms with van der Waals surface area (Å²) < 4.78 is 16.5. The first-order chi connectivity index (χ1) is 38.2. The van der Waals surface area contributed by atoms with Gasteiger partial charge in [0.2, 0.25) is 0 Å². The molecule has 438 valence electrons. The fourth-order valence-electron chi connectivity index (χ4n) is 9.06. The van der Waals surface area contributed by atoms with E-state index in [1.807, 2.05) is 75.4 Å². The number of carbonyl (C=O) groups excluding carboxylic acids is 3. The van der Waals surface area contributed by atoms with E-state index in [4.69, 9.17) is 14.2 Å². The molecule has 0 aliphatic heterocycles. The van der Waals surface area contributed by atoms with Crippen LogP contribution in [0, 0.1) is 0 Å². The monoisotopic (exact) mass is 1070 g/mol. The lowest BCUT2D eigenvalue weighted by atomic mass is 10.1. The molecule has 0 saturated carbocycles. The van der Waals surface area contributed by atoms with Crippen molar-refractivity contribution < 1.29 is 28.6 Å². The number of benzene rings is 3. The molecule has 0 aromatic heterocycles. The van der Waals surface area contributed by atoms with Gasteiger partial charge >= 0.3 is 17.9 Å². The summed E-state index contributed by atoms with van der Waals surface area (Å²) in [4.78, 5) is 35.9. The molecule has 0 fully saturated rings. The number of hydrogen-bond donors (Lipinski definition) is 0. The predicted molar refractivity (Wildman–Crippen MR) is 335 cm³/mol. The number of allylic oxidation sites excluding steroid dienone is 6. The summed E-state index contributed by atoms with van der Waals surface area (Å²) in [7, 11) is 0. The van der Waals surface area contributed by atoms with E-state index in [2.05, 4.69) is 57.2 Å². The van der Waals surface area contributed by atoms with E-state index in [1.54, 1.807) is 36.4 Å². The molecule has 6 nitrogen and oxygen atoms in total. The van der Waals surface area contributed by atoms with E-state index in [0.29, 0.717) is 16.7 Å². The van der Waals surface area contributed by atoms with Crippen molar-refractivity contribution in [2.24, 2.45) is 0 Å². The number of hydrogen-bond acceptors (Lipinski definition) is 6. The minimum absolute atomic E-state index is 0.00204. The molecular weight excluding hydrogens is 961 g/mol. The molecule has 3 atom stereocenters. The molecule has 3 aromatic carbocycles. The van der Waals surface area contributed by atoms with Gasteiger partial charge in [0.1, 0.15) is 0 Å². The first-order valence-electron chi connectivity index (χ1n) is 31.9. The van der Waals surface area contributed by atoms with Gasteiger partial charge in [-0.2, -0.15) is 0 Å². The van der Waals surface area contributed by atoms with Gasteiger partial charge in [-0.05, 0) is 153 Å². The Morgan fingerprint density at radius 3 is 0.705 bits per heavy atom. The zero-order valence-electron chi connectivity index (χ0n) is 50.8. The lowest BCUT2D eigenvalue weighted by Crippen LogP contribution is -2.14. The van der Waals surface area contributed by atoms with Crippen molar-refractivity contribution in [2.45, 2.75) is 291 Å². The second kappa shape index (κ2) is 54.3. The number of carbonyl (C=O) groups is 3. The minimum Gasteiger partial charge on any atom is -0.459 e. The Balaban J connectivity index is 0.000000585. The quantitative estimate of drug-likeness (QED) is 0.0243. The van der Waals surface area contributed by atoms with Crippen LogP contribution in [0.3, 0.4) is 0 Å². The Bertz CT molecular complexity index is 1650. The number of rotatable bonds is 45. The smallest absolute Gasteiger partial charge is 0.338 e. The topological polar surface area (TPSA) is 78.9 Å². The van der Waals surface area contributed by atoms with Gasteiger partial charge in [-0.3, -0.25) is 0 Å². The molecule has 0 radical (unpaired) electrons. The molecule has 3 rings (SSSR count). The minimum atomic E-state index is -0.207. The SMILES string of the molecule is CCCC/C=C\CCCCCCCCCC(C)OC(=O)c1ccccc1.CCCC/C=C\CCCCCCCCC[C@@H](C)OC(=O)c1ccccc1.CCCC/C=C\CCCCCCCCC[C@H](C)OC(=O)c1ccccc1. The van der Waals surface area contributed by atoms with E-state index < -0.39 is 0 Å². The summed E-state index contributed by atoms with van der Waals surface area (Å²) in [6.07, 6.45) is 59.4. The first kappa shape index (κ1) is 71.3. The number of esters is 3. The third-order valence-electron chi connectivity index (χ3n) is 14.1. The average Bonchev–Trinajstić information content (AvgIpc) is 3.45. The lowest BCUT2D eigenvalue weighted by molar-refractivity contribution is 0.0309. The largest absolute Gasteiger partial charge is 0.459 e. The van der Waals surface area contributed by atoms with E-state index in [1.165, 1.54) is 193 Å². The van der Waals surface area contributed by atoms with Crippen molar-refractivity contribution in [3.63, 3.8) is 0 Å². The van der Waals surface area contributed by atoms with E-state index in [9.17, 15) is 14.4 Å². The maximum atomic E-state index is 12.0. The molecule has 6 heteroatoms. The van der Waals surface area contributed by atoms with Crippen LogP contribution in [0.5, 0.6) is 0 Å². The van der Waals surface area contributed by atoms with Gasteiger partial charge in [0.25, 0.3) is 0 Å². The van der Waals surface area contributed by atoms with E-state index >= 15 is 0 Å².